The van der Waals surface area contributed by atoms with Gasteiger partial charge in [-0.3, -0.25) is 12.7 Å². The van der Waals surface area contributed by atoms with Crippen LogP contribution in [0.4, 0.5) is 0 Å². The highest BCUT2D eigenvalue weighted by Gasteiger charge is 2.19. The van der Waals surface area contributed by atoms with Crippen molar-refractivity contribution in [1.82, 2.24) is 8.43 Å². The summed E-state index contributed by atoms with van der Waals surface area (Å²) in [4.78, 5) is 22.3. The van der Waals surface area contributed by atoms with Gasteiger partial charge in [-0.2, -0.15) is 0 Å². The Hall–Kier alpha value is -0.370. The molecule has 0 spiro atoms. The van der Waals surface area contributed by atoms with Gasteiger partial charge in [0.1, 0.15) is 6.04 Å². The summed E-state index contributed by atoms with van der Waals surface area (Å²) in [6.07, 6.45) is 0. The molecule has 0 aromatic heterocycles. The van der Waals surface area contributed by atoms with E-state index in [2.05, 4.69) is 5.32 Å². The van der Waals surface area contributed by atoms with Crippen LogP contribution in [0.2, 0.25) is 0 Å². The lowest BCUT2D eigenvalue weighted by molar-refractivity contribution is -0.131. The van der Waals surface area contributed by atoms with Crippen molar-refractivity contribution < 1.29 is 9.59 Å². The van der Waals surface area contributed by atoms with Gasteiger partial charge in [0.05, 0.1) is 28.9 Å². The predicted octanol–water partition coefficient (Wildman–Crippen LogP) is -0.353. The molecule has 0 unspecified atom stereocenters. The van der Waals surface area contributed by atoms with E-state index in [4.69, 9.17) is 5.73 Å². The summed E-state index contributed by atoms with van der Waals surface area (Å²) >= 11 is 1.85. The first-order chi connectivity index (χ1) is 5.86. The van der Waals surface area contributed by atoms with E-state index in [9.17, 15) is 9.59 Å². The van der Waals surface area contributed by atoms with Crippen LogP contribution in [0.1, 0.15) is 13.8 Å². The normalized spacial score (nSPS) is 14.5. The monoisotopic (exact) mass is 299 g/mol. The summed E-state index contributed by atoms with van der Waals surface area (Å²) < 4.78 is 1.39. The molecule has 0 heterocycles. The van der Waals surface area contributed by atoms with Gasteiger partial charge in [-0.25, -0.2) is 0 Å². The van der Waals surface area contributed by atoms with Crippen LogP contribution in [0.25, 0.3) is 0 Å². The minimum absolute atomic E-state index is 0.158. The van der Waals surface area contributed by atoms with Crippen LogP contribution in [-0.4, -0.2) is 34.1 Å². The molecule has 0 radical (unpaired) electrons. The Labute approximate surface area is 91.5 Å². The van der Waals surface area contributed by atoms with Gasteiger partial charge >= 0.3 is 0 Å². The smallest absolute Gasteiger partial charge is 0.253 e. The van der Waals surface area contributed by atoms with Gasteiger partial charge in [0.2, 0.25) is 5.91 Å². The Kier molecular flexibility index (Phi) is 5.23. The lowest BCUT2D eigenvalue weighted by atomic mass is 10.2. The van der Waals surface area contributed by atoms with Crippen LogP contribution in [0.15, 0.2) is 0 Å². The largest absolute Gasteiger partial charge is 0.343 e. The Balaban J connectivity index is 4.08. The SMILES string of the molecule is C[C@@H](N)C(=O)N[C@H](C)C(=O)N(C)I. The molecule has 0 saturated heterocycles. The minimum atomic E-state index is -0.588. The third-order valence-corrected chi connectivity index (χ3v) is 1.92. The molecule has 6 heteroatoms. The van der Waals surface area contributed by atoms with Gasteiger partial charge in [0.15, 0.2) is 0 Å². The lowest BCUT2D eigenvalue weighted by Gasteiger charge is -2.17. The minimum Gasteiger partial charge on any atom is -0.343 e. The molecule has 0 aromatic rings. The quantitative estimate of drug-likeness (QED) is 0.552. The van der Waals surface area contributed by atoms with E-state index in [1.165, 1.54) is 3.11 Å². The van der Waals surface area contributed by atoms with E-state index in [0.717, 1.165) is 0 Å². The number of carbonyl (C=O) groups excluding carboxylic acids is 2. The zero-order valence-corrected chi connectivity index (χ0v) is 10.0. The van der Waals surface area contributed by atoms with Crippen LogP contribution in [0.5, 0.6) is 0 Å². The van der Waals surface area contributed by atoms with E-state index in [-0.39, 0.29) is 11.8 Å². The standard InChI is InChI=1S/C7H14IN3O2/c1-4(9)6(12)10-5(2)7(13)11(3)8/h4-5H,9H2,1-3H3,(H,10,12)/t4-,5-/m1/s1. The van der Waals surface area contributed by atoms with Gasteiger partial charge in [-0.05, 0) is 13.8 Å². The molecule has 5 nitrogen and oxygen atoms in total. The fourth-order valence-electron chi connectivity index (χ4n) is 0.673. The first kappa shape index (κ1) is 12.6. The van der Waals surface area contributed by atoms with Crippen molar-refractivity contribution >= 4 is 34.7 Å². The second kappa shape index (κ2) is 5.38. The van der Waals surface area contributed by atoms with Crippen molar-refractivity contribution in [1.29, 1.82) is 0 Å². The molecule has 2 atom stereocenters. The number of hydrogen-bond acceptors (Lipinski definition) is 3. The molecule has 0 aromatic carbocycles. The molecule has 0 aliphatic carbocycles. The number of hydrogen-bond donors (Lipinski definition) is 2. The summed E-state index contributed by atoms with van der Waals surface area (Å²) in [5.74, 6) is -0.478. The first-order valence-corrected chi connectivity index (χ1v) is 4.82. The molecule has 76 valence electrons. The van der Waals surface area contributed by atoms with Crippen molar-refractivity contribution in [3.8, 4) is 0 Å². The molecule has 0 fully saturated rings. The Morgan fingerprint density at radius 1 is 1.46 bits per heavy atom. The molecule has 0 aliphatic heterocycles. The van der Waals surface area contributed by atoms with E-state index < -0.39 is 12.1 Å². The summed E-state index contributed by atoms with van der Waals surface area (Å²) in [6.45, 7) is 3.19. The fraction of sp³-hybridized carbons (Fsp3) is 0.714. The van der Waals surface area contributed by atoms with E-state index >= 15 is 0 Å². The highest BCUT2D eigenvalue weighted by Crippen LogP contribution is 1.98. The molecular formula is C7H14IN3O2. The van der Waals surface area contributed by atoms with Crippen molar-refractivity contribution in [3.05, 3.63) is 0 Å². The second-order valence-corrected chi connectivity index (χ2v) is 4.28. The first-order valence-electron chi connectivity index (χ1n) is 3.85. The van der Waals surface area contributed by atoms with Crippen molar-refractivity contribution in [2.24, 2.45) is 5.73 Å². The van der Waals surface area contributed by atoms with Crippen molar-refractivity contribution in [3.63, 3.8) is 0 Å². The third-order valence-electron chi connectivity index (χ3n) is 1.45. The molecular weight excluding hydrogens is 285 g/mol. The van der Waals surface area contributed by atoms with Crippen LogP contribution in [0.3, 0.4) is 0 Å². The number of nitrogens with two attached hydrogens (primary N) is 1. The number of carbonyl (C=O) groups is 2. The Bertz CT molecular complexity index is 206. The van der Waals surface area contributed by atoms with Crippen LogP contribution in [0, 0.1) is 0 Å². The fourth-order valence-corrected chi connectivity index (χ4v) is 1.09. The number of halogens is 1. The maximum atomic E-state index is 11.3. The van der Waals surface area contributed by atoms with Gasteiger partial charge in [-0.1, -0.05) is 0 Å². The van der Waals surface area contributed by atoms with Gasteiger partial charge < -0.3 is 11.1 Å². The van der Waals surface area contributed by atoms with Crippen molar-refractivity contribution in [2.45, 2.75) is 25.9 Å². The number of likely N-dealkylation sites (N-methyl/N-ethyl adjacent to an activating group) is 1. The van der Waals surface area contributed by atoms with E-state index in [1.807, 2.05) is 22.9 Å². The number of nitrogens with zero attached hydrogens (tertiary/aromatic N) is 1. The molecule has 13 heavy (non-hydrogen) atoms. The molecule has 2 amide bonds. The lowest BCUT2D eigenvalue weighted by Crippen LogP contribution is -2.48. The maximum absolute atomic E-state index is 11.3. The summed E-state index contributed by atoms with van der Waals surface area (Å²) in [6, 6.07) is -1.12. The number of amides is 2. The average molecular weight is 299 g/mol. The molecule has 0 bridgehead atoms. The van der Waals surface area contributed by atoms with Gasteiger partial charge in [-0.15, -0.1) is 0 Å². The average Bonchev–Trinajstić information content (AvgIpc) is 2.02. The highest BCUT2D eigenvalue weighted by molar-refractivity contribution is 14.1. The third kappa shape index (κ3) is 4.41. The highest BCUT2D eigenvalue weighted by atomic mass is 127. The van der Waals surface area contributed by atoms with E-state index in [0.29, 0.717) is 0 Å². The number of nitrogens with one attached hydrogen (secondary N) is 1. The Morgan fingerprint density at radius 2 is 1.92 bits per heavy atom. The second-order valence-electron chi connectivity index (χ2n) is 2.83. The Morgan fingerprint density at radius 3 is 2.23 bits per heavy atom. The maximum Gasteiger partial charge on any atom is 0.253 e. The summed E-state index contributed by atoms with van der Waals surface area (Å²) in [7, 11) is 1.62. The van der Waals surface area contributed by atoms with E-state index in [1.54, 1.807) is 20.9 Å². The van der Waals surface area contributed by atoms with Gasteiger partial charge in [0.25, 0.3) is 5.91 Å². The molecule has 3 N–H and O–H groups in total. The van der Waals surface area contributed by atoms with Crippen LogP contribution in [-0.2, 0) is 9.59 Å². The van der Waals surface area contributed by atoms with Gasteiger partial charge in [0, 0.05) is 7.05 Å². The molecule has 0 aliphatic rings. The zero-order chi connectivity index (χ0) is 10.6. The predicted molar refractivity (Wildman–Crippen MR) is 58.0 cm³/mol. The topological polar surface area (TPSA) is 75.4 Å². The molecule has 0 rings (SSSR count). The zero-order valence-electron chi connectivity index (χ0n) is 7.87. The number of rotatable bonds is 3. The van der Waals surface area contributed by atoms with Crippen LogP contribution >= 0.6 is 22.9 Å². The summed E-state index contributed by atoms with van der Waals surface area (Å²) in [5, 5.41) is 2.50. The summed E-state index contributed by atoms with van der Waals surface area (Å²) in [5.41, 5.74) is 5.32. The molecule has 0 saturated carbocycles. The van der Waals surface area contributed by atoms with Crippen molar-refractivity contribution in [2.75, 3.05) is 7.05 Å². The van der Waals surface area contributed by atoms with Crippen LogP contribution < -0.4 is 11.1 Å².